The zero-order valence-corrected chi connectivity index (χ0v) is 15.6. The molecule has 0 aliphatic rings. The molecular formula is C20H13F3N6O2. The number of ether oxygens (including phenoxy) is 1. The van der Waals surface area contributed by atoms with Crippen LogP contribution in [0.25, 0.3) is 5.82 Å². The summed E-state index contributed by atoms with van der Waals surface area (Å²) in [6.07, 6.45) is 4.94. The average Bonchev–Trinajstić information content (AvgIpc) is 3.31. The van der Waals surface area contributed by atoms with E-state index in [1.165, 1.54) is 12.1 Å². The van der Waals surface area contributed by atoms with Crippen molar-refractivity contribution in [3.8, 4) is 17.4 Å². The number of imidazole rings is 1. The van der Waals surface area contributed by atoms with Crippen LogP contribution < -0.4 is 15.4 Å². The van der Waals surface area contributed by atoms with Crippen LogP contribution >= 0.6 is 0 Å². The van der Waals surface area contributed by atoms with Gasteiger partial charge in [0.1, 0.15) is 12.1 Å². The van der Waals surface area contributed by atoms with Gasteiger partial charge in [-0.05, 0) is 42.5 Å². The summed E-state index contributed by atoms with van der Waals surface area (Å²) in [6, 6.07) is 10.3. The smallest absolute Gasteiger partial charge is 0.323 e. The van der Waals surface area contributed by atoms with Gasteiger partial charge in [-0.1, -0.05) is 0 Å². The summed E-state index contributed by atoms with van der Waals surface area (Å²) < 4.78 is 47.1. The van der Waals surface area contributed by atoms with Crippen LogP contribution in [0.3, 0.4) is 0 Å². The highest BCUT2D eigenvalue weighted by atomic mass is 19.2. The Morgan fingerprint density at radius 1 is 0.903 bits per heavy atom. The third-order valence-electron chi connectivity index (χ3n) is 4.01. The highest BCUT2D eigenvalue weighted by Crippen LogP contribution is 2.23. The number of hydrogen-bond acceptors (Lipinski definition) is 5. The van der Waals surface area contributed by atoms with Crippen LogP contribution in [0.1, 0.15) is 0 Å². The number of carbonyl (C=O) groups excluding carboxylic acids is 1. The fraction of sp³-hybridized carbons (Fsp3) is 0. The normalized spacial score (nSPS) is 10.5. The number of aromatic nitrogens is 4. The summed E-state index contributed by atoms with van der Waals surface area (Å²) in [6.45, 7) is 0. The minimum absolute atomic E-state index is 0.260. The molecule has 4 aromatic rings. The molecule has 0 unspecified atom stereocenters. The third-order valence-corrected chi connectivity index (χ3v) is 4.01. The van der Waals surface area contributed by atoms with E-state index in [0.717, 1.165) is 6.07 Å². The number of anilines is 2. The van der Waals surface area contributed by atoms with Crippen molar-refractivity contribution in [1.82, 2.24) is 19.7 Å². The highest BCUT2D eigenvalue weighted by Gasteiger charge is 2.15. The first kappa shape index (κ1) is 19.9. The van der Waals surface area contributed by atoms with E-state index in [-0.39, 0.29) is 5.88 Å². The third kappa shape index (κ3) is 4.61. The minimum atomic E-state index is -1.67. The molecule has 2 amide bonds. The predicted molar refractivity (Wildman–Crippen MR) is 105 cm³/mol. The Morgan fingerprint density at radius 3 is 2.39 bits per heavy atom. The second kappa shape index (κ2) is 8.53. The van der Waals surface area contributed by atoms with Gasteiger partial charge in [-0.2, -0.15) is 0 Å². The van der Waals surface area contributed by atoms with Crippen molar-refractivity contribution in [2.75, 3.05) is 10.6 Å². The van der Waals surface area contributed by atoms with E-state index in [4.69, 9.17) is 4.74 Å². The molecule has 11 heteroatoms. The summed E-state index contributed by atoms with van der Waals surface area (Å²) in [5.41, 5.74) is -0.136. The molecular weight excluding hydrogens is 413 g/mol. The molecule has 4 rings (SSSR count). The molecule has 0 spiro atoms. The van der Waals surface area contributed by atoms with Gasteiger partial charge in [0.25, 0.3) is 0 Å². The van der Waals surface area contributed by atoms with Crippen molar-refractivity contribution in [3.05, 3.63) is 84.7 Å². The quantitative estimate of drug-likeness (QED) is 0.458. The first-order valence-electron chi connectivity index (χ1n) is 8.81. The summed E-state index contributed by atoms with van der Waals surface area (Å²) in [5, 5.41) is 12.6. The lowest BCUT2D eigenvalue weighted by Gasteiger charge is -2.10. The number of hydrogen-bond donors (Lipinski definition) is 2. The molecule has 0 saturated carbocycles. The van der Waals surface area contributed by atoms with Crippen LogP contribution in [0.15, 0.2) is 67.3 Å². The number of carbonyl (C=O) groups is 1. The van der Waals surface area contributed by atoms with E-state index in [9.17, 15) is 18.0 Å². The van der Waals surface area contributed by atoms with Crippen molar-refractivity contribution >= 4 is 17.4 Å². The zero-order valence-electron chi connectivity index (χ0n) is 15.6. The fourth-order valence-electron chi connectivity index (χ4n) is 2.53. The van der Waals surface area contributed by atoms with Crippen molar-refractivity contribution < 1.29 is 22.7 Å². The Kier molecular flexibility index (Phi) is 5.47. The summed E-state index contributed by atoms with van der Waals surface area (Å²) >= 11 is 0. The minimum Gasteiger partial charge on any atom is -0.438 e. The Morgan fingerprint density at radius 2 is 1.71 bits per heavy atom. The SMILES string of the molecule is O=C(Nc1ccc(Oc2ccc(-n3ccnc3)nn2)cc1)Nc1ccc(F)c(F)c1F. The van der Waals surface area contributed by atoms with Gasteiger partial charge in [0, 0.05) is 24.1 Å². The first-order chi connectivity index (χ1) is 15.0. The summed E-state index contributed by atoms with van der Waals surface area (Å²) in [5.74, 6) is -3.23. The second-order valence-electron chi connectivity index (χ2n) is 6.13. The number of nitrogens with one attached hydrogen (secondary N) is 2. The molecule has 31 heavy (non-hydrogen) atoms. The predicted octanol–water partition coefficient (Wildman–Crippen LogP) is 4.52. The van der Waals surface area contributed by atoms with Gasteiger partial charge in [0.05, 0.1) is 5.69 Å². The van der Waals surface area contributed by atoms with Crippen LogP contribution in [-0.2, 0) is 0 Å². The Bertz CT molecular complexity index is 1200. The van der Waals surface area contributed by atoms with E-state index in [0.29, 0.717) is 23.3 Å². The van der Waals surface area contributed by atoms with E-state index in [1.54, 1.807) is 47.6 Å². The van der Waals surface area contributed by atoms with E-state index >= 15 is 0 Å². The Labute approximate surface area is 173 Å². The number of benzene rings is 2. The lowest BCUT2D eigenvalue weighted by atomic mass is 10.3. The molecule has 0 aliphatic carbocycles. The lowest BCUT2D eigenvalue weighted by Crippen LogP contribution is -2.20. The maximum Gasteiger partial charge on any atom is 0.323 e. The molecule has 0 bridgehead atoms. The van der Waals surface area contributed by atoms with Crippen LogP contribution in [0.4, 0.5) is 29.3 Å². The van der Waals surface area contributed by atoms with Crippen LogP contribution in [0.2, 0.25) is 0 Å². The molecule has 2 N–H and O–H groups in total. The van der Waals surface area contributed by atoms with E-state index in [2.05, 4.69) is 25.8 Å². The van der Waals surface area contributed by atoms with Gasteiger partial charge in [-0.25, -0.2) is 22.9 Å². The van der Waals surface area contributed by atoms with Crippen molar-refractivity contribution in [2.45, 2.75) is 0 Å². The lowest BCUT2D eigenvalue weighted by molar-refractivity contribution is 0.262. The number of amides is 2. The van der Waals surface area contributed by atoms with Gasteiger partial charge < -0.3 is 15.4 Å². The molecule has 2 aromatic carbocycles. The van der Waals surface area contributed by atoms with Crippen LogP contribution in [0, 0.1) is 17.5 Å². The Hall–Kier alpha value is -4.41. The second-order valence-corrected chi connectivity index (χ2v) is 6.13. The van der Waals surface area contributed by atoms with Crippen molar-refractivity contribution in [3.63, 3.8) is 0 Å². The molecule has 0 radical (unpaired) electrons. The first-order valence-corrected chi connectivity index (χ1v) is 8.81. The van der Waals surface area contributed by atoms with E-state index < -0.39 is 29.2 Å². The van der Waals surface area contributed by atoms with Crippen LogP contribution in [0.5, 0.6) is 11.6 Å². The standard InChI is InChI=1S/C20H13F3N6O2/c21-14-5-6-15(19(23)18(14)22)26-20(30)25-12-1-3-13(4-2-12)31-17-8-7-16(27-28-17)29-10-9-24-11-29/h1-11H,(H2,25,26,30). The monoisotopic (exact) mass is 426 g/mol. The molecule has 156 valence electrons. The zero-order chi connectivity index (χ0) is 21.8. The van der Waals surface area contributed by atoms with Crippen molar-refractivity contribution in [1.29, 1.82) is 0 Å². The highest BCUT2D eigenvalue weighted by molar-refractivity contribution is 5.99. The van der Waals surface area contributed by atoms with Gasteiger partial charge in [0.15, 0.2) is 23.3 Å². The van der Waals surface area contributed by atoms with Gasteiger partial charge in [-0.15, -0.1) is 10.2 Å². The fourth-order valence-corrected chi connectivity index (χ4v) is 2.53. The Balaban J connectivity index is 1.36. The maximum absolute atomic E-state index is 13.6. The number of halogens is 3. The number of rotatable bonds is 5. The molecule has 0 aliphatic heterocycles. The van der Waals surface area contributed by atoms with Gasteiger partial charge >= 0.3 is 6.03 Å². The van der Waals surface area contributed by atoms with Gasteiger partial charge in [0.2, 0.25) is 5.88 Å². The summed E-state index contributed by atoms with van der Waals surface area (Å²) in [7, 11) is 0. The number of urea groups is 1. The maximum atomic E-state index is 13.6. The van der Waals surface area contributed by atoms with Crippen LogP contribution in [-0.4, -0.2) is 25.8 Å². The molecule has 0 fully saturated rings. The molecule has 0 atom stereocenters. The molecule has 0 saturated heterocycles. The molecule has 8 nitrogen and oxygen atoms in total. The van der Waals surface area contributed by atoms with E-state index in [1.807, 2.05) is 0 Å². The topological polar surface area (TPSA) is 94.0 Å². The number of nitrogens with zero attached hydrogens (tertiary/aromatic N) is 4. The average molecular weight is 426 g/mol. The molecule has 2 aromatic heterocycles. The largest absolute Gasteiger partial charge is 0.438 e. The van der Waals surface area contributed by atoms with Gasteiger partial charge in [-0.3, -0.25) is 4.57 Å². The summed E-state index contributed by atoms with van der Waals surface area (Å²) in [4.78, 5) is 15.9. The molecule has 2 heterocycles. The van der Waals surface area contributed by atoms with Crippen molar-refractivity contribution in [2.24, 2.45) is 0 Å².